The van der Waals surface area contributed by atoms with E-state index in [1.165, 1.54) is 12.1 Å². The lowest BCUT2D eigenvalue weighted by Gasteiger charge is -2.40. The Morgan fingerprint density at radius 1 is 1.05 bits per heavy atom. The topological polar surface area (TPSA) is 137 Å². The minimum Gasteiger partial charge on any atom is -0.444 e. The second-order valence-corrected chi connectivity index (χ2v) is 13.5. The molecule has 2 aromatic heterocycles. The zero-order valence-electron chi connectivity index (χ0n) is 23.7. The molecule has 0 aliphatic carbocycles. The second-order valence-electron chi connectivity index (χ2n) is 11.9. The number of carbonyl (C=O) groups is 2. The van der Waals surface area contributed by atoms with Gasteiger partial charge in [-0.1, -0.05) is 12.1 Å². The van der Waals surface area contributed by atoms with E-state index in [1.807, 2.05) is 20.8 Å². The van der Waals surface area contributed by atoms with Crippen LogP contribution in [0.4, 0.5) is 15.3 Å². The Morgan fingerprint density at radius 3 is 2.40 bits per heavy atom. The highest BCUT2D eigenvalue weighted by Crippen LogP contribution is 2.30. The van der Waals surface area contributed by atoms with Gasteiger partial charge in [-0.3, -0.25) is 9.30 Å². The first-order valence-corrected chi connectivity index (χ1v) is 14.7. The molecule has 1 aliphatic rings. The number of piperidine rings is 1. The third-order valence-corrected chi connectivity index (χ3v) is 7.14. The summed E-state index contributed by atoms with van der Waals surface area (Å²) >= 11 is 0. The number of amides is 2. The van der Waals surface area contributed by atoms with Gasteiger partial charge in [-0.15, -0.1) is 0 Å². The van der Waals surface area contributed by atoms with Gasteiger partial charge < -0.3 is 14.4 Å². The maximum Gasteiger partial charge on any atom is 0.415 e. The van der Waals surface area contributed by atoms with Crippen molar-refractivity contribution in [1.82, 2.24) is 14.3 Å². The fourth-order valence-corrected chi connectivity index (χ4v) is 5.15. The fourth-order valence-electron chi connectivity index (χ4n) is 4.59. The summed E-state index contributed by atoms with van der Waals surface area (Å²) in [6, 6.07) is 9.46. The minimum absolute atomic E-state index is 0.0177. The smallest absolute Gasteiger partial charge is 0.415 e. The van der Waals surface area contributed by atoms with Crippen molar-refractivity contribution in [2.24, 2.45) is 5.14 Å². The van der Waals surface area contributed by atoms with Crippen LogP contribution in [0.1, 0.15) is 54.4 Å². The minimum atomic E-state index is -3.90. The highest BCUT2D eigenvalue weighted by molar-refractivity contribution is 7.89. The Bertz CT molecular complexity index is 1520. The molecule has 3 aromatic rings. The number of imidazole rings is 1. The van der Waals surface area contributed by atoms with Crippen molar-refractivity contribution in [3.8, 4) is 11.3 Å². The number of fused-ring (bicyclic) bond motifs is 1. The molecule has 3 heterocycles. The van der Waals surface area contributed by atoms with E-state index in [4.69, 9.17) is 14.6 Å². The Morgan fingerprint density at radius 2 is 1.75 bits per heavy atom. The summed E-state index contributed by atoms with van der Waals surface area (Å²) in [5.41, 5.74) is 0.966. The maximum absolute atomic E-state index is 13.6. The normalized spacial score (nSPS) is 16.6. The molecule has 0 unspecified atom stereocenters. The number of rotatable bonds is 4. The zero-order chi connectivity index (χ0) is 29.5. The van der Waals surface area contributed by atoms with Crippen LogP contribution < -0.4 is 10.0 Å². The lowest BCUT2D eigenvalue weighted by Crippen LogP contribution is -2.53. The molecule has 2 amide bonds. The van der Waals surface area contributed by atoms with E-state index in [9.17, 15) is 18.0 Å². The van der Waals surface area contributed by atoms with Gasteiger partial charge in [0.25, 0.3) is 0 Å². The average molecular weight is 572 g/mol. The van der Waals surface area contributed by atoms with Gasteiger partial charge in [0, 0.05) is 24.8 Å². The first-order chi connectivity index (χ1) is 18.5. The maximum atomic E-state index is 13.6. The van der Waals surface area contributed by atoms with Gasteiger partial charge in [0.2, 0.25) is 10.0 Å². The molecule has 216 valence electrons. The van der Waals surface area contributed by atoms with Gasteiger partial charge >= 0.3 is 12.2 Å². The lowest BCUT2D eigenvalue weighted by molar-refractivity contribution is 0.0182. The zero-order valence-corrected chi connectivity index (χ0v) is 24.6. The number of pyridine rings is 1. The van der Waals surface area contributed by atoms with Gasteiger partial charge in [-0.25, -0.2) is 28.1 Å². The molecule has 40 heavy (non-hydrogen) atoms. The number of nitrogens with two attached hydrogens (primary N) is 1. The summed E-state index contributed by atoms with van der Waals surface area (Å²) in [4.78, 5) is 34.1. The molecule has 0 bridgehead atoms. The van der Waals surface area contributed by atoms with Gasteiger partial charge in [-0.2, -0.15) is 0 Å². The highest BCUT2D eigenvalue weighted by Gasteiger charge is 2.36. The van der Waals surface area contributed by atoms with E-state index < -0.39 is 33.4 Å². The molecule has 12 heteroatoms. The van der Waals surface area contributed by atoms with E-state index in [0.29, 0.717) is 42.0 Å². The molecule has 1 fully saturated rings. The number of sulfonamides is 1. The first-order valence-electron chi connectivity index (χ1n) is 13.1. The van der Waals surface area contributed by atoms with Crippen molar-refractivity contribution in [1.29, 1.82) is 0 Å². The van der Waals surface area contributed by atoms with Crippen LogP contribution in [0.2, 0.25) is 0 Å². The van der Waals surface area contributed by atoms with Crippen molar-refractivity contribution in [3.05, 3.63) is 48.8 Å². The van der Waals surface area contributed by atoms with Crippen molar-refractivity contribution < 1.29 is 27.5 Å². The van der Waals surface area contributed by atoms with Crippen LogP contribution in [0.3, 0.4) is 0 Å². The summed E-state index contributed by atoms with van der Waals surface area (Å²) < 4.78 is 37.0. The molecule has 1 aliphatic heterocycles. The van der Waals surface area contributed by atoms with Crippen LogP contribution in [0, 0.1) is 0 Å². The molecule has 2 N–H and O–H groups in total. The van der Waals surface area contributed by atoms with E-state index in [0.717, 1.165) is 0 Å². The predicted molar refractivity (Wildman–Crippen MR) is 152 cm³/mol. The predicted octanol–water partition coefficient (Wildman–Crippen LogP) is 4.79. The van der Waals surface area contributed by atoms with E-state index in [2.05, 4.69) is 4.98 Å². The number of nitrogens with zero attached hydrogens (tertiary/aromatic N) is 4. The highest BCUT2D eigenvalue weighted by atomic mass is 32.2. The van der Waals surface area contributed by atoms with Gasteiger partial charge in [0.05, 0.1) is 28.5 Å². The molecular weight excluding hydrogens is 534 g/mol. The summed E-state index contributed by atoms with van der Waals surface area (Å²) in [7, 11) is -3.90. The number of hydrogen-bond donors (Lipinski definition) is 1. The number of ether oxygens (including phenoxy) is 2. The molecular formula is C28H37N5O6S. The molecule has 11 nitrogen and oxygen atoms in total. The number of anilines is 1. The Labute approximate surface area is 234 Å². The standard InChI is InChI=1S/C28H37N5O6S/c1-27(2,3)38-25(34)31-14-8-10-20(17-31)33(26(35)39-28(4,5)6)21-12-13-24-30-16-23(32(24)18-21)19-9-7-11-22(15-19)40(29,36)37/h7,9,11-13,15-16,18,20H,8,10,14,17H2,1-6H3,(H2,29,36,37)/t20-/m1/s1. The fraction of sp³-hybridized carbons (Fsp3) is 0.464. The molecule has 1 atom stereocenters. The molecule has 1 aromatic carbocycles. The quantitative estimate of drug-likeness (QED) is 0.475. The van der Waals surface area contributed by atoms with Crippen LogP contribution in [0.25, 0.3) is 16.9 Å². The van der Waals surface area contributed by atoms with Crippen LogP contribution >= 0.6 is 0 Å². The molecule has 1 saturated heterocycles. The second kappa shape index (κ2) is 10.7. The Hall–Kier alpha value is -3.64. The van der Waals surface area contributed by atoms with E-state index in [-0.39, 0.29) is 17.5 Å². The monoisotopic (exact) mass is 571 g/mol. The van der Waals surface area contributed by atoms with Gasteiger partial charge in [0.1, 0.15) is 16.8 Å². The van der Waals surface area contributed by atoms with Crippen LogP contribution in [-0.4, -0.2) is 65.2 Å². The summed E-state index contributed by atoms with van der Waals surface area (Å²) in [6.45, 7) is 11.6. The van der Waals surface area contributed by atoms with Crippen LogP contribution in [0.15, 0.2) is 53.7 Å². The van der Waals surface area contributed by atoms with Crippen molar-refractivity contribution >= 4 is 33.5 Å². The van der Waals surface area contributed by atoms with Crippen LogP contribution in [0.5, 0.6) is 0 Å². The first kappa shape index (κ1) is 29.3. The number of benzene rings is 1. The van der Waals surface area contributed by atoms with Gasteiger partial charge in [-0.05, 0) is 78.6 Å². The third kappa shape index (κ3) is 6.92. The number of likely N-dealkylation sites (tertiary alicyclic amines) is 1. The Balaban J connectivity index is 1.75. The van der Waals surface area contributed by atoms with Crippen molar-refractivity contribution in [2.75, 3.05) is 18.0 Å². The summed E-state index contributed by atoms with van der Waals surface area (Å²) in [5, 5.41) is 5.34. The van der Waals surface area contributed by atoms with Crippen molar-refractivity contribution in [2.45, 2.75) is 76.5 Å². The number of primary sulfonamides is 1. The SMILES string of the molecule is CC(C)(C)OC(=O)N1CCC[C@@H](N(C(=O)OC(C)(C)C)c2ccc3ncc(-c4cccc(S(N)(=O)=O)c4)n3c2)C1. The lowest BCUT2D eigenvalue weighted by atomic mass is 10.0. The average Bonchev–Trinajstić information content (AvgIpc) is 3.25. The number of aromatic nitrogens is 2. The molecule has 0 spiro atoms. The summed E-state index contributed by atoms with van der Waals surface area (Å²) in [5.74, 6) is 0. The third-order valence-electron chi connectivity index (χ3n) is 6.23. The van der Waals surface area contributed by atoms with Crippen LogP contribution in [-0.2, 0) is 19.5 Å². The van der Waals surface area contributed by atoms with E-state index >= 15 is 0 Å². The largest absolute Gasteiger partial charge is 0.444 e. The molecule has 0 radical (unpaired) electrons. The molecule has 4 rings (SSSR count). The Kier molecular flexibility index (Phi) is 7.88. The molecule has 0 saturated carbocycles. The number of hydrogen-bond acceptors (Lipinski definition) is 7. The number of carbonyl (C=O) groups excluding carboxylic acids is 2. The van der Waals surface area contributed by atoms with E-state index in [1.54, 1.807) is 71.6 Å². The summed E-state index contributed by atoms with van der Waals surface area (Å²) in [6.07, 6.45) is 3.76. The van der Waals surface area contributed by atoms with Crippen molar-refractivity contribution in [3.63, 3.8) is 0 Å². The van der Waals surface area contributed by atoms with Gasteiger partial charge in [0.15, 0.2) is 0 Å².